The molecule has 3 aliphatic rings. The van der Waals surface area contributed by atoms with Crippen LogP contribution in [0.15, 0.2) is 12.4 Å². The second-order valence-corrected chi connectivity index (χ2v) is 7.26. The van der Waals surface area contributed by atoms with Crippen LogP contribution in [-0.4, -0.2) is 89.3 Å². The molecule has 1 aromatic rings. The van der Waals surface area contributed by atoms with Crippen molar-refractivity contribution < 1.29 is 14.6 Å². The minimum Gasteiger partial charge on any atom is -0.386 e. The van der Waals surface area contributed by atoms with Crippen LogP contribution in [0.1, 0.15) is 18.9 Å². The first kappa shape index (κ1) is 15.9. The summed E-state index contributed by atoms with van der Waals surface area (Å²) in [7, 11) is 1.82. The van der Waals surface area contributed by atoms with Crippen LogP contribution in [0.3, 0.4) is 0 Å². The Labute approximate surface area is 141 Å². The number of likely N-dealkylation sites (tertiary alicyclic amines) is 1. The fourth-order valence-electron chi connectivity index (χ4n) is 3.77. The van der Waals surface area contributed by atoms with Gasteiger partial charge in [-0.05, 0) is 12.8 Å². The van der Waals surface area contributed by atoms with E-state index in [9.17, 15) is 9.90 Å². The maximum Gasteiger partial charge on any atom is 0.324 e. The largest absolute Gasteiger partial charge is 0.386 e. The van der Waals surface area contributed by atoms with Crippen molar-refractivity contribution in [3.63, 3.8) is 0 Å². The average molecular weight is 335 g/mol. The normalized spacial score (nSPS) is 29.3. The highest BCUT2D eigenvalue weighted by Gasteiger charge is 2.38. The number of rotatable bonds is 4. The summed E-state index contributed by atoms with van der Waals surface area (Å²) in [6.07, 6.45) is 5.46. The van der Waals surface area contributed by atoms with Crippen LogP contribution in [-0.2, 0) is 4.74 Å². The van der Waals surface area contributed by atoms with E-state index in [0.717, 1.165) is 44.8 Å². The molecule has 1 unspecified atom stereocenters. The molecule has 132 valence electrons. The zero-order chi connectivity index (χ0) is 16.7. The molecule has 8 nitrogen and oxygen atoms in total. The number of carbonyl (C=O) groups is 1. The second kappa shape index (κ2) is 6.02. The molecule has 0 aliphatic carbocycles. The number of hydrogen-bond donors (Lipinski definition) is 1. The molecule has 1 N–H and O–H groups in total. The monoisotopic (exact) mass is 335 g/mol. The maximum absolute atomic E-state index is 12.0. The van der Waals surface area contributed by atoms with Crippen molar-refractivity contribution in [2.24, 2.45) is 0 Å². The van der Waals surface area contributed by atoms with Gasteiger partial charge in [0.1, 0.15) is 5.60 Å². The smallest absolute Gasteiger partial charge is 0.324 e. The first-order valence-electron chi connectivity index (χ1n) is 8.63. The average Bonchev–Trinajstić information content (AvgIpc) is 3.11. The second-order valence-electron chi connectivity index (χ2n) is 7.26. The van der Waals surface area contributed by atoms with Crippen molar-refractivity contribution in [1.82, 2.24) is 19.6 Å². The quantitative estimate of drug-likeness (QED) is 0.848. The molecule has 24 heavy (non-hydrogen) atoms. The number of carbonyl (C=O) groups excluding carboxylic acids is 1. The number of likely N-dealkylation sites (N-methyl/N-ethyl adjacent to an activating group) is 1. The minimum absolute atomic E-state index is 0.0318. The number of aliphatic hydroxyl groups is 1. The molecule has 8 heteroatoms. The van der Waals surface area contributed by atoms with Gasteiger partial charge in [-0.3, -0.25) is 14.5 Å². The number of aromatic nitrogens is 2. The number of anilines is 1. The zero-order valence-corrected chi connectivity index (χ0v) is 14.1. The molecule has 0 aromatic carbocycles. The van der Waals surface area contributed by atoms with Crippen LogP contribution < -0.4 is 4.90 Å². The first-order chi connectivity index (χ1) is 11.5. The van der Waals surface area contributed by atoms with E-state index in [0.29, 0.717) is 25.7 Å². The van der Waals surface area contributed by atoms with E-state index in [4.69, 9.17) is 4.74 Å². The molecule has 0 saturated carbocycles. The summed E-state index contributed by atoms with van der Waals surface area (Å²) in [5, 5.41) is 15.0. The molecule has 4 heterocycles. The molecule has 4 rings (SSSR count). The zero-order valence-electron chi connectivity index (χ0n) is 14.1. The SMILES string of the molecule is CN1CCN(c2cnn(C3CN(CC4(O)CCCOC4)C3)c2)C1=O. The maximum atomic E-state index is 12.0. The Hall–Kier alpha value is -1.64. The van der Waals surface area contributed by atoms with Crippen LogP contribution >= 0.6 is 0 Å². The van der Waals surface area contributed by atoms with Crippen molar-refractivity contribution in [3.8, 4) is 0 Å². The molecule has 0 radical (unpaired) electrons. The number of amides is 2. The van der Waals surface area contributed by atoms with Crippen LogP contribution in [0.4, 0.5) is 10.5 Å². The van der Waals surface area contributed by atoms with Crippen LogP contribution in [0.25, 0.3) is 0 Å². The van der Waals surface area contributed by atoms with Gasteiger partial charge in [-0.1, -0.05) is 0 Å². The number of β-amino-alcohol motifs (C(OH)–C–C–N with tert-alkyl or cyclic N) is 1. The van der Waals surface area contributed by atoms with Crippen molar-refractivity contribution in [1.29, 1.82) is 0 Å². The third-order valence-electron chi connectivity index (χ3n) is 5.25. The van der Waals surface area contributed by atoms with Gasteiger partial charge in [0.2, 0.25) is 0 Å². The summed E-state index contributed by atoms with van der Waals surface area (Å²) in [6, 6.07) is 0.339. The Morgan fingerprint density at radius 2 is 2.25 bits per heavy atom. The first-order valence-corrected chi connectivity index (χ1v) is 8.63. The Bertz CT molecular complexity index is 607. The van der Waals surface area contributed by atoms with E-state index >= 15 is 0 Å². The topological polar surface area (TPSA) is 74.1 Å². The van der Waals surface area contributed by atoms with Crippen LogP contribution in [0, 0.1) is 0 Å². The molecule has 1 aromatic heterocycles. The molecule has 2 amide bonds. The van der Waals surface area contributed by atoms with Gasteiger partial charge >= 0.3 is 6.03 Å². The fourth-order valence-corrected chi connectivity index (χ4v) is 3.77. The summed E-state index contributed by atoms with van der Waals surface area (Å²) in [4.78, 5) is 17.8. The van der Waals surface area contributed by atoms with E-state index in [-0.39, 0.29) is 6.03 Å². The Morgan fingerprint density at radius 3 is 2.92 bits per heavy atom. The van der Waals surface area contributed by atoms with Gasteiger partial charge in [-0.15, -0.1) is 0 Å². The lowest BCUT2D eigenvalue weighted by Crippen LogP contribution is -2.56. The van der Waals surface area contributed by atoms with Crippen LogP contribution in [0.5, 0.6) is 0 Å². The number of hydrogen-bond acceptors (Lipinski definition) is 5. The van der Waals surface area contributed by atoms with Gasteiger partial charge < -0.3 is 14.7 Å². The van der Waals surface area contributed by atoms with E-state index in [1.807, 2.05) is 17.9 Å². The van der Waals surface area contributed by atoms with Crippen molar-refractivity contribution in [3.05, 3.63) is 12.4 Å². The highest BCUT2D eigenvalue weighted by atomic mass is 16.5. The molecule has 3 aliphatic heterocycles. The summed E-state index contributed by atoms with van der Waals surface area (Å²) < 4.78 is 7.35. The molecule has 0 bridgehead atoms. The highest BCUT2D eigenvalue weighted by Crippen LogP contribution is 2.28. The van der Waals surface area contributed by atoms with Gasteiger partial charge in [0.15, 0.2) is 0 Å². The third-order valence-corrected chi connectivity index (χ3v) is 5.25. The van der Waals surface area contributed by atoms with Gasteiger partial charge in [0, 0.05) is 52.6 Å². The summed E-state index contributed by atoms with van der Waals surface area (Å²) in [5.41, 5.74) is 0.160. The predicted molar refractivity (Wildman–Crippen MR) is 88.1 cm³/mol. The lowest BCUT2D eigenvalue weighted by molar-refractivity contribution is -0.112. The molecule has 3 fully saturated rings. The van der Waals surface area contributed by atoms with Gasteiger partial charge in [0.05, 0.1) is 24.5 Å². The number of nitrogens with zero attached hydrogens (tertiary/aromatic N) is 5. The lowest BCUT2D eigenvalue weighted by Gasteiger charge is -2.44. The predicted octanol–water partition coefficient (Wildman–Crippen LogP) is 0.153. The van der Waals surface area contributed by atoms with E-state index in [2.05, 4.69) is 10.00 Å². The third kappa shape index (κ3) is 2.89. The summed E-state index contributed by atoms with van der Waals surface area (Å²) in [5.74, 6) is 0. The molecular formula is C16H25N5O3. The summed E-state index contributed by atoms with van der Waals surface area (Å²) in [6.45, 7) is 5.06. The number of ether oxygens (including phenoxy) is 1. The van der Waals surface area contributed by atoms with Crippen molar-refractivity contribution in [2.45, 2.75) is 24.5 Å². The summed E-state index contributed by atoms with van der Waals surface area (Å²) >= 11 is 0. The Balaban J connectivity index is 1.32. The molecule has 0 spiro atoms. The fraction of sp³-hybridized carbons (Fsp3) is 0.750. The standard InChI is InChI=1S/C16H25N5O3/c1-18-4-5-20(15(18)22)13-7-17-21(10-13)14-8-19(9-14)11-16(23)3-2-6-24-12-16/h7,10,14,23H,2-6,8-9,11-12H2,1H3. The van der Waals surface area contributed by atoms with E-state index < -0.39 is 5.60 Å². The lowest BCUT2D eigenvalue weighted by atomic mass is 9.94. The molecular weight excluding hydrogens is 310 g/mol. The number of urea groups is 1. The molecule has 3 saturated heterocycles. The minimum atomic E-state index is -0.703. The van der Waals surface area contributed by atoms with Gasteiger partial charge in [-0.25, -0.2) is 4.79 Å². The van der Waals surface area contributed by atoms with E-state index in [1.54, 1.807) is 16.0 Å². The van der Waals surface area contributed by atoms with Crippen molar-refractivity contribution >= 4 is 11.7 Å². The van der Waals surface area contributed by atoms with Gasteiger partial charge in [0.25, 0.3) is 0 Å². The Kier molecular flexibility index (Phi) is 3.98. The van der Waals surface area contributed by atoms with Gasteiger partial charge in [-0.2, -0.15) is 5.10 Å². The highest BCUT2D eigenvalue weighted by molar-refractivity contribution is 5.93. The Morgan fingerprint density at radius 1 is 1.42 bits per heavy atom. The van der Waals surface area contributed by atoms with Crippen molar-refractivity contribution in [2.75, 3.05) is 57.9 Å². The van der Waals surface area contributed by atoms with Crippen LogP contribution in [0.2, 0.25) is 0 Å². The molecule has 1 atom stereocenters. The van der Waals surface area contributed by atoms with E-state index in [1.165, 1.54) is 0 Å².